The number of benzene rings is 1. The van der Waals surface area contributed by atoms with Crippen LogP contribution in [0.15, 0.2) is 41.4 Å². The summed E-state index contributed by atoms with van der Waals surface area (Å²) >= 11 is 0. The number of pyridine rings is 1. The van der Waals surface area contributed by atoms with Crippen LogP contribution >= 0.6 is 0 Å². The molecule has 0 unspecified atom stereocenters. The molecule has 1 aromatic carbocycles. The lowest BCUT2D eigenvalue weighted by Crippen LogP contribution is -2.48. The maximum atomic E-state index is 13.8. The molecule has 1 aliphatic rings. The normalized spacial score (nSPS) is 15.6. The molecule has 7 heteroatoms. The number of aryl methyl sites for hydroxylation is 1. The average Bonchev–Trinajstić information content (AvgIpc) is 2.69. The smallest absolute Gasteiger partial charge is 0.191 e. The van der Waals surface area contributed by atoms with Crippen LogP contribution in [0.3, 0.4) is 0 Å². The summed E-state index contributed by atoms with van der Waals surface area (Å²) in [5.74, 6) is 0.737. The van der Waals surface area contributed by atoms with Gasteiger partial charge in [-0.1, -0.05) is 6.07 Å². The molecule has 0 saturated carbocycles. The quantitative estimate of drug-likeness (QED) is 0.610. The Morgan fingerprint density at radius 3 is 2.71 bits per heavy atom. The number of aromatic nitrogens is 1. The van der Waals surface area contributed by atoms with Crippen LogP contribution in [-0.2, 0) is 6.54 Å². The topological polar surface area (TPSA) is 52.6 Å². The van der Waals surface area contributed by atoms with E-state index in [0.717, 1.165) is 49.6 Å². The first-order valence-corrected chi connectivity index (χ1v) is 9.72. The summed E-state index contributed by atoms with van der Waals surface area (Å²) < 4.78 is 27.1. The third-order valence-electron chi connectivity index (χ3n) is 4.79. The zero-order valence-electron chi connectivity index (χ0n) is 16.4. The lowest BCUT2D eigenvalue weighted by atomic mass is 10.1. The fourth-order valence-electron chi connectivity index (χ4n) is 3.30. The summed E-state index contributed by atoms with van der Waals surface area (Å²) in [6, 6.07) is 9.78. The lowest BCUT2D eigenvalue weighted by Gasteiger charge is -2.34. The van der Waals surface area contributed by atoms with Crippen molar-refractivity contribution in [3.8, 4) is 0 Å². The number of rotatable bonds is 5. The van der Waals surface area contributed by atoms with Crippen molar-refractivity contribution in [2.75, 3.05) is 24.5 Å². The summed E-state index contributed by atoms with van der Waals surface area (Å²) in [5, 5.41) is 6.60. The molecule has 5 nitrogen and oxygen atoms in total. The molecule has 0 spiro atoms. The van der Waals surface area contributed by atoms with E-state index in [0.29, 0.717) is 12.5 Å². The molecule has 150 valence electrons. The van der Waals surface area contributed by atoms with Gasteiger partial charge in [-0.3, -0.25) is 0 Å². The maximum absolute atomic E-state index is 13.8. The summed E-state index contributed by atoms with van der Waals surface area (Å²) in [6.07, 6.45) is 1.91. The van der Waals surface area contributed by atoms with Gasteiger partial charge in [-0.25, -0.2) is 18.8 Å². The van der Waals surface area contributed by atoms with Crippen LogP contribution in [-0.4, -0.2) is 36.6 Å². The van der Waals surface area contributed by atoms with E-state index in [9.17, 15) is 8.78 Å². The molecule has 3 rings (SSSR count). The Bertz CT molecular complexity index is 816. The van der Waals surface area contributed by atoms with E-state index in [2.05, 4.69) is 25.5 Å². The molecule has 2 aromatic rings. The van der Waals surface area contributed by atoms with Crippen molar-refractivity contribution in [1.29, 1.82) is 0 Å². The van der Waals surface area contributed by atoms with Gasteiger partial charge in [-0.05, 0) is 57.0 Å². The first-order chi connectivity index (χ1) is 13.5. The average molecular weight is 387 g/mol. The molecule has 0 atom stereocenters. The second-order valence-electron chi connectivity index (χ2n) is 6.97. The minimum Gasteiger partial charge on any atom is -0.357 e. The Morgan fingerprint density at radius 1 is 1.21 bits per heavy atom. The Hall–Kier alpha value is -2.70. The molecule has 1 fully saturated rings. The van der Waals surface area contributed by atoms with E-state index >= 15 is 0 Å². The minimum absolute atomic E-state index is 0.0883. The third kappa shape index (κ3) is 5.41. The van der Waals surface area contributed by atoms with Crippen molar-refractivity contribution in [3.05, 3.63) is 59.3 Å². The Balaban J connectivity index is 1.58. The summed E-state index contributed by atoms with van der Waals surface area (Å²) in [6.45, 7) is 6.58. The van der Waals surface area contributed by atoms with Crippen LogP contribution in [0.2, 0.25) is 0 Å². The largest absolute Gasteiger partial charge is 0.357 e. The van der Waals surface area contributed by atoms with E-state index in [1.54, 1.807) is 0 Å². The summed E-state index contributed by atoms with van der Waals surface area (Å²) in [4.78, 5) is 11.3. The number of nitrogens with zero attached hydrogens (tertiary/aromatic N) is 3. The van der Waals surface area contributed by atoms with Gasteiger partial charge in [0.15, 0.2) is 5.96 Å². The van der Waals surface area contributed by atoms with Crippen LogP contribution < -0.4 is 15.5 Å². The molecule has 2 N–H and O–H groups in total. The van der Waals surface area contributed by atoms with E-state index in [1.807, 2.05) is 32.0 Å². The molecule has 0 aliphatic carbocycles. The van der Waals surface area contributed by atoms with Gasteiger partial charge < -0.3 is 15.5 Å². The van der Waals surface area contributed by atoms with Gasteiger partial charge in [0.2, 0.25) is 0 Å². The van der Waals surface area contributed by atoms with E-state index < -0.39 is 11.6 Å². The monoisotopic (exact) mass is 387 g/mol. The van der Waals surface area contributed by atoms with Crippen LogP contribution in [0, 0.1) is 18.6 Å². The number of anilines is 1. The highest BCUT2D eigenvalue weighted by Gasteiger charge is 2.21. The molecule has 1 aliphatic heterocycles. The van der Waals surface area contributed by atoms with Crippen molar-refractivity contribution in [1.82, 2.24) is 15.6 Å². The molecular formula is C21H27F2N5. The van der Waals surface area contributed by atoms with Crippen molar-refractivity contribution in [3.63, 3.8) is 0 Å². The number of halogens is 2. The number of hydrogen-bond acceptors (Lipinski definition) is 3. The van der Waals surface area contributed by atoms with Gasteiger partial charge in [0, 0.05) is 36.9 Å². The summed E-state index contributed by atoms with van der Waals surface area (Å²) in [5.41, 5.74) is 1.27. The van der Waals surface area contributed by atoms with Gasteiger partial charge in [0.05, 0.1) is 6.54 Å². The van der Waals surface area contributed by atoms with Gasteiger partial charge in [-0.2, -0.15) is 0 Å². The number of guanidine groups is 1. The highest BCUT2D eigenvalue weighted by molar-refractivity contribution is 5.80. The van der Waals surface area contributed by atoms with Crippen molar-refractivity contribution in [2.24, 2.45) is 4.99 Å². The molecule has 0 amide bonds. The minimum atomic E-state index is -0.457. The predicted octanol–water partition coefficient (Wildman–Crippen LogP) is 3.39. The highest BCUT2D eigenvalue weighted by Crippen LogP contribution is 2.18. The van der Waals surface area contributed by atoms with E-state index in [-0.39, 0.29) is 18.2 Å². The van der Waals surface area contributed by atoms with Crippen molar-refractivity contribution >= 4 is 11.8 Å². The molecular weight excluding hydrogens is 360 g/mol. The Morgan fingerprint density at radius 2 is 2.00 bits per heavy atom. The van der Waals surface area contributed by atoms with Crippen LogP contribution in [0.25, 0.3) is 0 Å². The zero-order chi connectivity index (χ0) is 19.9. The molecule has 2 heterocycles. The van der Waals surface area contributed by atoms with E-state index in [1.165, 1.54) is 6.07 Å². The van der Waals surface area contributed by atoms with Gasteiger partial charge in [-0.15, -0.1) is 0 Å². The van der Waals surface area contributed by atoms with E-state index in [4.69, 9.17) is 0 Å². The third-order valence-corrected chi connectivity index (χ3v) is 4.79. The fraction of sp³-hybridized carbons (Fsp3) is 0.429. The van der Waals surface area contributed by atoms with Crippen LogP contribution in [0.1, 0.15) is 31.0 Å². The molecule has 1 aromatic heterocycles. The lowest BCUT2D eigenvalue weighted by molar-refractivity contribution is 0.459. The van der Waals surface area contributed by atoms with Crippen molar-refractivity contribution in [2.45, 2.75) is 39.3 Å². The molecule has 1 saturated heterocycles. The van der Waals surface area contributed by atoms with Gasteiger partial charge in [0.25, 0.3) is 0 Å². The molecule has 28 heavy (non-hydrogen) atoms. The first kappa shape index (κ1) is 20.0. The second-order valence-corrected chi connectivity index (χ2v) is 6.97. The number of aliphatic imine (C=N–C) groups is 1. The molecule has 0 radical (unpaired) electrons. The zero-order valence-corrected chi connectivity index (χ0v) is 16.4. The summed E-state index contributed by atoms with van der Waals surface area (Å²) in [7, 11) is 0. The molecule has 0 bridgehead atoms. The Labute approximate surface area is 164 Å². The SMILES string of the molecule is CCNC(=NCc1cc(F)ccc1F)NC1CCN(c2cccc(C)n2)CC1. The Kier molecular flexibility index (Phi) is 6.79. The number of piperidine rings is 1. The highest BCUT2D eigenvalue weighted by atomic mass is 19.1. The fourth-order valence-corrected chi connectivity index (χ4v) is 3.30. The number of nitrogens with one attached hydrogen (secondary N) is 2. The van der Waals surface area contributed by atoms with Crippen LogP contribution in [0.4, 0.5) is 14.6 Å². The van der Waals surface area contributed by atoms with Crippen molar-refractivity contribution < 1.29 is 8.78 Å². The van der Waals surface area contributed by atoms with Crippen LogP contribution in [0.5, 0.6) is 0 Å². The van der Waals surface area contributed by atoms with Gasteiger partial charge >= 0.3 is 0 Å². The predicted molar refractivity (Wildman–Crippen MR) is 109 cm³/mol. The number of hydrogen-bond donors (Lipinski definition) is 2. The first-order valence-electron chi connectivity index (χ1n) is 9.72. The standard InChI is InChI=1S/C21H27F2N5/c1-3-24-21(25-14-16-13-17(22)7-8-19(16)23)27-18-9-11-28(12-10-18)20-6-4-5-15(2)26-20/h4-8,13,18H,3,9-12,14H2,1-2H3,(H2,24,25,27). The maximum Gasteiger partial charge on any atom is 0.191 e. The van der Waals surface area contributed by atoms with Gasteiger partial charge in [0.1, 0.15) is 17.5 Å². The second kappa shape index (κ2) is 9.48.